The van der Waals surface area contributed by atoms with Crippen LogP contribution in [0.25, 0.3) is 0 Å². The van der Waals surface area contributed by atoms with Gasteiger partial charge >= 0.3 is 11.8 Å². The van der Waals surface area contributed by atoms with Gasteiger partial charge in [0.15, 0.2) is 0 Å². The first kappa shape index (κ1) is 13.5. The van der Waals surface area contributed by atoms with Gasteiger partial charge in [0.05, 0.1) is 0 Å². The van der Waals surface area contributed by atoms with Crippen LogP contribution in [-0.4, -0.2) is 16.1 Å². The molecule has 2 aromatic rings. The summed E-state index contributed by atoms with van der Waals surface area (Å²) in [4.78, 5) is 11.9. The number of rotatable bonds is 3. The van der Waals surface area contributed by atoms with Gasteiger partial charge in [-0.2, -0.15) is 0 Å². The zero-order chi connectivity index (χ0) is 14.0. The van der Waals surface area contributed by atoms with Crippen molar-refractivity contribution in [3.63, 3.8) is 0 Å². The number of hydrogen-bond acceptors (Lipinski definition) is 4. The molecule has 0 unspecified atom stereocenters. The van der Waals surface area contributed by atoms with Crippen LogP contribution in [-0.2, 0) is 0 Å². The summed E-state index contributed by atoms with van der Waals surface area (Å²) >= 11 is 5.86. The summed E-state index contributed by atoms with van der Waals surface area (Å²) in [5, 5.41) is 10.9. The summed E-state index contributed by atoms with van der Waals surface area (Å²) in [5.41, 5.74) is 1.53. The van der Waals surface area contributed by atoms with E-state index in [2.05, 4.69) is 15.5 Å². The van der Waals surface area contributed by atoms with E-state index in [9.17, 15) is 4.79 Å². The van der Waals surface area contributed by atoms with Gasteiger partial charge in [0.1, 0.15) is 0 Å². The Morgan fingerprint density at radius 3 is 2.68 bits per heavy atom. The SMILES string of the molecule is Cc1cc(Cl)ccc1NC(=O)c1nnc(C(C)C)o1. The first-order valence-electron chi connectivity index (χ1n) is 5.88. The molecule has 1 amide bonds. The van der Waals surface area contributed by atoms with E-state index >= 15 is 0 Å². The van der Waals surface area contributed by atoms with Crippen molar-refractivity contribution in [3.8, 4) is 0 Å². The third kappa shape index (κ3) is 3.12. The zero-order valence-electron chi connectivity index (χ0n) is 10.9. The van der Waals surface area contributed by atoms with Crippen LogP contribution in [0.1, 0.15) is 41.9 Å². The molecule has 2 rings (SSSR count). The first-order chi connectivity index (χ1) is 8.97. The molecule has 0 aliphatic heterocycles. The van der Waals surface area contributed by atoms with E-state index in [0.717, 1.165) is 5.56 Å². The maximum atomic E-state index is 11.9. The Morgan fingerprint density at radius 2 is 2.11 bits per heavy atom. The second-order valence-electron chi connectivity index (χ2n) is 4.51. The van der Waals surface area contributed by atoms with E-state index in [-0.39, 0.29) is 11.8 Å². The van der Waals surface area contributed by atoms with Crippen LogP contribution >= 0.6 is 11.6 Å². The van der Waals surface area contributed by atoms with Crippen molar-refractivity contribution in [2.75, 3.05) is 5.32 Å². The smallest absolute Gasteiger partial charge is 0.313 e. The number of benzene rings is 1. The number of aromatic nitrogens is 2. The van der Waals surface area contributed by atoms with Gasteiger partial charge < -0.3 is 9.73 Å². The van der Waals surface area contributed by atoms with Crippen LogP contribution in [0.2, 0.25) is 5.02 Å². The van der Waals surface area contributed by atoms with Crippen molar-refractivity contribution in [1.82, 2.24) is 10.2 Å². The maximum absolute atomic E-state index is 11.9. The number of carbonyl (C=O) groups is 1. The molecular weight excluding hydrogens is 266 g/mol. The molecule has 0 bridgehead atoms. The van der Waals surface area contributed by atoms with Crippen molar-refractivity contribution in [2.24, 2.45) is 0 Å². The minimum absolute atomic E-state index is 0.0435. The predicted molar refractivity (Wildman–Crippen MR) is 72.5 cm³/mol. The molecule has 0 fully saturated rings. The molecule has 0 saturated carbocycles. The fourth-order valence-electron chi connectivity index (χ4n) is 1.50. The van der Waals surface area contributed by atoms with Gasteiger partial charge in [0.2, 0.25) is 5.89 Å². The number of hydrogen-bond donors (Lipinski definition) is 1. The van der Waals surface area contributed by atoms with Crippen LogP contribution in [0.4, 0.5) is 5.69 Å². The van der Waals surface area contributed by atoms with E-state index in [1.807, 2.05) is 20.8 Å². The third-order valence-electron chi connectivity index (χ3n) is 2.57. The van der Waals surface area contributed by atoms with E-state index in [1.165, 1.54) is 0 Å². The molecule has 1 heterocycles. The van der Waals surface area contributed by atoms with E-state index in [1.54, 1.807) is 18.2 Å². The average Bonchev–Trinajstić information content (AvgIpc) is 2.82. The number of nitrogens with zero attached hydrogens (tertiary/aromatic N) is 2. The zero-order valence-corrected chi connectivity index (χ0v) is 11.7. The first-order valence-corrected chi connectivity index (χ1v) is 6.26. The van der Waals surface area contributed by atoms with E-state index < -0.39 is 5.91 Å². The van der Waals surface area contributed by atoms with Gasteiger partial charge in [-0.1, -0.05) is 25.4 Å². The summed E-state index contributed by atoms with van der Waals surface area (Å²) < 4.78 is 5.28. The van der Waals surface area contributed by atoms with Gasteiger partial charge in [0.25, 0.3) is 0 Å². The Balaban J connectivity index is 2.16. The highest BCUT2D eigenvalue weighted by atomic mass is 35.5. The minimum atomic E-state index is -0.426. The van der Waals surface area contributed by atoms with Crippen LogP contribution in [0, 0.1) is 6.92 Å². The lowest BCUT2D eigenvalue weighted by molar-refractivity contribution is 0.0988. The Kier molecular flexibility index (Phi) is 3.85. The molecule has 19 heavy (non-hydrogen) atoms. The number of anilines is 1. The molecule has 0 spiro atoms. The summed E-state index contributed by atoms with van der Waals surface area (Å²) in [6.07, 6.45) is 0. The molecule has 0 atom stereocenters. The monoisotopic (exact) mass is 279 g/mol. The Morgan fingerprint density at radius 1 is 1.37 bits per heavy atom. The minimum Gasteiger partial charge on any atom is -0.417 e. The van der Waals surface area contributed by atoms with Crippen molar-refractivity contribution < 1.29 is 9.21 Å². The quantitative estimate of drug-likeness (QED) is 0.935. The summed E-state index contributed by atoms with van der Waals surface area (Å²) in [6.45, 7) is 5.69. The van der Waals surface area contributed by atoms with Gasteiger partial charge in [-0.3, -0.25) is 4.79 Å². The highest BCUT2D eigenvalue weighted by molar-refractivity contribution is 6.30. The molecule has 5 nitrogen and oxygen atoms in total. The fraction of sp³-hybridized carbons (Fsp3) is 0.308. The third-order valence-corrected chi connectivity index (χ3v) is 2.80. The van der Waals surface area contributed by atoms with Crippen LogP contribution in [0.3, 0.4) is 0 Å². The van der Waals surface area contributed by atoms with Gasteiger partial charge in [-0.25, -0.2) is 0 Å². The Hall–Kier alpha value is -1.88. The number of amides is 1. The number of halogens is 1. The number of aryl methyl sites for hydroxylation is 1. The second-order valence-corrected chi connectivity index (χ2v) is 4.95. The van der Waals surface area contributed by atoms with Crippen LogP contribution in [0.5, 0.6) is 0 Å². The van der Waals surface area contributed by atoms with Crippen molar-refractivity contribution in [1.29, 1.82) is 0 Å². The number of nitrogens with one attached hydrogen (secondary N) is 1. The Labute approximate surface area is 116 Å². The fourth-order valence-corrected chi connectivity index (χ4v) is 1.73. The summed E-state index contributed by atoms with van der Waals surface area (Å²) in [7, 11) is 0. The normalized spacial score (nSPS) is 10.8. The molecule has 1 aromatic carbocycles. The lowest BCUT2D eigenvalue weighted by Gasteiger charge is -2.06. The molecule has 1 aromatic heterocycles. The summed E-state index contributed by atoms with van der Waals surface area (Å²) in [6, 6.07) is 5.21. The van der Waals surface area contributed by atoms with Crippen molar-refractivity contribution >= 4 is 23.2 Å². The standard InChI is InChI=1S/C13H14ClN3O2/c1-7(2)12-16-17-13(19-12)11(18)15-10-5-4-9(14)6-8(10)3/h4-7H,1-3H3,(H,15,18). The molecule has 1 N–H and O–H groups in total. The second kappa shape index (κ2) is 5.40. The molecule has 0 aliphatic rings. The largest absolute Gasteiger partial charge is 0.417 e. The topological polar surface area (TPSA) is 68.0 Å². The lowest BCUT2D eigenvalue weighted by atomic mass is 10.2. The van der Waals surface area contributed by atoms with Gasteiger partial charge in [0, 0.05) is 16.6 Å². The van der Waals surface area contributed by atoms with E-state index in [4.69, 9.17) is 16.0 Å². The van der Waals surface area contributed by atoms with Crippen LogP contribution < -0.4 is 5.32 Å². The van der Waals surface area contributed by atoms with Gasteiger partial charge in [-0.15, -0.1) is 10.2 Å². The highest BCUT2D eigenvalue weighted by Gasteiger charge is 2.17. The van der Waals surface area contributed by atoms with Crippen LogP contribution in [0.15, 0.2) is 22.6 Å². The lowest BCUT2D eigenvalue weighted by Crippen LogP contribution is -2.13. The summed E-state index contributed by atoms with van der Waals surface area (Å²) in [5.74, 6) is 0.0622. The molecule has 0 saturated heterocycles. The molecule has 6 heteroatoms. The molecule has 100 valence electrons. The van der Waals surface area contributed by atoms with Crippen molar-refractivity contribution in [2.45, 2.75) is 26.7 Å². The van der Waals surface area contributed by atoms with Crippen molar-refractivity contribution in [3.05, 3.63) is 40.6 Å². The average molecular weight is 280 g/mol. The molecule has 0 radical (unpaired) electrons. The predicted octanol–water partition coefficient (Wildman–Crippen LogP) is 3.41. The maximum Gasteiger partial charge on any atom is 0.313 e. The van der Waals surface area contributed by atoms with E-state index in [0.29, 0.717) is 16.6 Å². The Bertz CT molecular complexity index is 608. The number of carbonyl (C=O) groups excluding carboxylic acids is 1. The van der Waals surface area contributed by atoms with Gasteiger partial charge in [-0.05, 0) is 30.7 Å². The molecule has 0 aliphatic carbocycles. The highest BCUT2D eigenvalue weighted by Crippen LogP contribution is 2.20. The molecular formula is C13H14ClN3O2.